The molecule has 3 rings (SSSR count). The largest absolute Gasteiger partial charge is 0.497 e. The maximum absolute atomic E-state index is 5.31. The second-order valence-corrected chi connectivity index (χ2v) is 5.21. The van der Waals surface area contributed by atoms with Crippen LogP contribution in [0.3, 0.4) is 0 Å². The molecule has 1 aromatic heterocycles. The molecule has 0 unspecified atom stereocenters. The van der Waals surface area contributed by atoms with Gasteiger partial charge in [-0.05, 0) is 56.6 Å². The van der Waals surface area contributed by atoms with Gasteiger partial charge in [0.05, 0.1) is 7.11 Å². The molecule has 2 aromatic rings. The van der Waals surface area contributed by atoms with Gasteiger partial charge >= 0.3 is 0 Å². The number of ether oxygens (including phenoxy) is 1. The van der Waals surface area contributed by atoms with Crippen molar-refractivity contribution < 1.29 is 4.74 Å². The predicted molar refractivity (Wildman–Crippen MR) is 74.2 cm³/mol. The van der Waals surface area contributed by atoms with E-state index in [1.807, 2.05) is 6.07 Å². The number of rotatable bonds is 3. The van der Waals surface area contributed by atoms with Crippen LogP contribution in [0.2, 0.25) is 0 Å². The van der Waals surface area contributed by atoms with Crippen molar-refractivity contribution in [3.63, 3.8) is 0 Å². The number of likely N-dealkylation sites (N-methyl/N-ethyl adjacent to an activating group) is 1. The highest BCUT2D eigenvalue weighted by Crippen LogP contribution is 2.27. The van der Waals surface area contributed by atoms with E-state index in [9.17, 15) is 0 Å². The average molecular weight is 244 g/mol. The first-order valence-electron chi connectivity index (χ1n) is 6.62. The molecular formula is C15H20N2O. The smallest absolute Gasteiger partial charge is 0.119 e. The van der Waals surface area contributed by atoms with Crippen LogP contribution >= 0.6 is 0 Å². The molecule has 1 aromatic carbocycles. The highest BCUT2D eigenvalue weighted by molar-refractivity contribution is 5.84. The second kappa shape index (κ2) is 4.65. The summed E-state index contributed by atoms with van der Waals surface area (Å²) in [6, 6.07) is 6.92. The molecule has 0 amide bonds. The standard InChI is InChI=1S/C15H20N2O/c1-17-7-3-4-12(17)8-11-10-16-15-6-5-13(18-2)9-14(11)15/h5-6,9-10,12,16H,3-4,7-8H2,1-2H3/t12-/m0/s1. The first-order chi connectivity index (χ1) is 8.78. The van der Waals surface area contributed by atoms with E-state index in [-0.39, 0.29) is 0 Å². The summed E-state index contributed by atoms with van der Waals surface area (Å²) in [5.74, 6) is 0.933. The Morgan fingerprint density at radius 2 is 2.33 bits per heavy atom. The fourth-order valence-electron chi connectivity index (χ4n) is 2.94. The van der Waals surface area contributed by atoms with Gasteiger partial charge in [-0.15, -0.1) is 0 Å². The number of nitrogens with one attached hydrogen (secondary N) is 1. The van der Waals surface area contributed by atoms with Gasteiger partial charge in [0.1, 0.15) is 5.75 Å². The van der Waals surface area contributed by atoms with Crippen molar-refractivity contribution in [2.75, 3.05) is 20.7 Å². The normalized spacial score (nSPS) is 20.7. The number of nitrogens with zero attached hydrogens (tertiary/aromatic N) is 1. The number of hydrogen-bond acceptors (Lipinski definition) is 2. The van der Waals surface area contributed by atoms with Crippen LogP contribution in [-0.4, -0.2) is 36.6 Å². The van der Waals surface area contributed by atoms with E-state index < -0.39 is 0 Å². The van der Waals surface area contributed by atoms with Gasteiger partial charge < -0.3 is 14.6 Å². The summed E-state index contributed by atoms with van der Waals surface area (Å²) in [6.45, 7) is 1.23. The van der Waals surface area contributed by atoms with Crippen molar-refractivity contribution in [1.29, 1.82) is 0 Å². The van der Waals surface area contributed by atoms with Crippen LogP contribution in [-0.2, 0) is 6.42 Å². The Labute approximate surface area is 108 Å². The molecule has 1 N–H and O–H groups in total. The number of aromatic nitrogens is 1. The fraction of sp³-hybridized carbons (Fsp3) is 0.467. The molecule has 2 heterocycles. The second-order valence-electron chi connectivity index (χ2n) is 5.21. The minimum atomic E-state index is 0.690. The molecular weight excluding hydrogens is 224 g/mol. The van der Waals surface area contributed by atoms with E-state index in [0.717, 1.165) is 12.2 Å². The minimum absolute atomic E-state index is 0.690. The number of methoxy groups -OCH3 is 1. The lowest BCUT2D eigenvalue weighted by Gasteiger charge is -2.18. The van der Waals surface area contributed by atoms with Crippen LogP contribution < -0.4 is 4.74 Å². The topological polar surface area (TPSA) is 28.3 Å². The number of hydrogen-bond donors (Lipinski definition) is 1. The number of H-pyrrole nitrogens is 1. The maximum Gasteiger partial charge on any atom is 0.119 e. The van der Waals surface area contributed by atoms with Crippen LogP contribution in [0.15, 0.2) is 24.4 Å². The molecule has 96 valence electrons. The van der Waals surface area contributed by atoms with Crippen molar-refractivity contribution in [3.05, 3.63) is 30.0 Å². The average Bonchev–Trinajstić information content (AvgIpc) is 2.97. The first-order valence-corrected chi connectivity index (χ1v) is 6.62. The molecule has 0 bridgehead atoms. The van der Waals surface area contributed by atoms with E-state index >= 15 is 0 Å². The summed E-state index contributed by atoms with van der Waals surface area (Å²) in [5, 5.41) is 1.30. The van der Waals surface area contributed by atoms with Gasteiger partial charge in [0.2, 0.25) is 0 Å². The fourth-order valence-corrected chi connectivity index (χ4v) is 2.94. The van der Waals surface area contributed by atoms with E-state index in [4.69, 9.17) is 4.74 Å². The van der Waals surface area contributed by atoms with Crippen molar-refractivity contribution in [2.24, 2.45) is 0 Å². The van der Waals surface area contributed by atoms with Crippen molar-refractivity contribution in [2.45, 2.75) is 25.3 Å². The molecule has 1 saturated heterocycles. The molecule has 1 atom stereocenters. The van der Waals surface area contributed by atoms with Gasteiger partial charge in [-0.2, -0.15) is 0 Å². The maximum atomic E-state index is 5.31. The van der Waals surface area contributed by atoms with Gasteiger partial charge in [0.15, 0.2) is 0 Å². The van der Waals surface area contributed by atoms with Gasteiger partial charge in [-0.25, -0.2) is 0 Å². The third-order valence-electron chi connectivity index (χ3n) is 4.10. The van der Waals surface area contributed by atoms with E-state index in [1.165, 1.54) is 35.9 Å². The summed E-state index contributed by atoms with van der Waals surface area (Å²) in [6.07, 6.45) is 5.92. The highest BCUT2D eigenvalue weighted by atomic mass is 16.5. The predicted octanol–water partition coefficient (Wildman–Crippen LogP) is 2.81. The minimum Gasteiger partial charge on any atom is -0.497 e. The Morgan fingerprint density at radius 3 is 3.06 bits per heavy atom. The van der Waals surface area contributed by atoms with Crippen molar-refractivity contribution >= 4 is 10.9 Å². The number of benzene rings is 1. The molecule has 0 spiro atoms. The lowest BCUT2D eigenvalue weighted by molar-refractivity contribution is 0.310. The zero-order valence-corrected chi connectivity index (χ0v) is 11.1. The molecule has 18 heavy (non-hydrogen) atoms. The van der Waals surface area contributed by atoms with Gasteiger partial charge in [0, 0.05) is 23.1 Å². The molecule has 1 fully saturated rings. The summed E-state index contributed by atoms with van der Waals surface area (Å²) in [7, 11) is 3.95. The number of fused-ring (bicyclic) bond motifs is 1. The summed E-state index contributed by atoms with van der Waals surface area (Å²) >= 11 is 0. The number of likely N-dealkylation sites (tertiary alicyclic amines) is 1. The van der Waals surface area contributed by atoms with Crippen LogP contribution in [0.5, 0.6) is 5.75 Å². The zero-order chi connectivity index (χ0) is 12.5. The van der Waals surface area contributed by atoms with Crippen LogP contribution in [0.1, 0.15) is 18.4 Å². The van der Waals surface area contributed by atoms with Crippen molar-refractivity contribution in [1.82, 2.24) is 9.88 Å². The SMILES string of the molecule is COc1ccc2[nH]cc(C[C@@H]3CCCN3C)c2c1. The van der Waals surface area contributed by atoms with Crippen LogP contribution in [0.25, 0.3) is 10.9 Å². The Bertz CT molecular complexity index is 546. The van der Waals surface area contributed by atoms with Gasteiger partial charge in [-0.3, -0.25) is 0 Å². The summed E-state index contributed by atoms with van der Waals surface area (Å²) < 4.78 is 5.31. The third kappa shape index (κ3) is 1.99. The van der Waals surface area contributed by atoms with Crippen LogP contribution in [0.4, 0.5) is 0 Å². The molecule has 1 aliphatic heterocycles. The molecule has 0 aliphatic carbocycles. The van der Waals surface area contributed by atoms with E-state index in [0.29, 0.717) is 6.04 Å². The molecule has 3 nitrogen and oxygen atoms in total. The summed E-state index contributed by atoms with van der Waals surface area (Å²) in [5.41, 5.74) is 2.61. The quantitative estimate of drug-likeness (QED) is 0.899. The Morgan fingerprint density at radius 1 is 1.44 bits per heavy atom. The third-order valence-corrected chi connectivity index (χ3v) is 4.10. The number of aromatic amines is 1. The summed E-state index contributed by atoms with van der Waals surface area (Å²) in [4.78, 5) is 5.83. The Hall–Kier alpha value is -1.48. The highest BCUT2D eigenvalue weighted by Gasteiger charge is 2.22. The van der Waals surface area contributed by atoms with Crippen LogP contribution in [0, 0.1) is 0 Å². The van der Waals surface area contributed by atoms with Gasteiger partial charge in [-0.1, -0.05) is 0 Å². The van der Waals surface area contributed by atoms with E-state index in [1.54, 1.807) is 7.11 Å². The lowest BCUT2D eigenvalue weighted by atomic mass is 10.0. The molecule has 0 radical (unpaired) electrons. The zero-order valence-electron chi connectivity index (χ0n) is 11.1. The van der Waals surface area contributed by atoms with Gasteiger partial charge in [0.25, 0.3) is 0 Å². The first kappa shape index (κ1) is 11.6. The Balaban J connectivity index is 1.91. The lowest BCUT2D eigenvalue weighted by Crippen LogP contribution is -2.26. The monoisotopic (exact) mass is 244 g/mol. The van der Waals surface area contributed by atoms with Crippen molar-refractivity contribution in [3.8, 4) is 5.75 Å². The molecule has 1 aliphatic rings. The Kier molecular flexibility index (Phi) is 3.00. The molecule has 3 heteroatoms. The molecule has 0 saturated carbocycles. The van der Waals surface area contributed by atoms with E-state index in [2.05, 4.69) is 35.3 Å².